The van der Waals surface area contributed by atoms with Gasteiger partial charge in [0.2, 0.25) is 0 Å². The number of hydrogen-bond donors (Lipinski definition) is 0. The summed E-state index contributed by atoms with van der Waals surface area (Å²) in [5.41, 5.74) is 0.714. The van der Waals surface area contributed by atoms with Crippen LogP contribution in [0.3, 0.4) is 0 Å². The highest BCUT2D eigenvalue weighted by Crippen LogP contribution is 2.21. The van der Waals surface area contributed by atoms with Gasteiger partial charge in [0.25, 0.3) is 0 Å². The summed E-state index contributed by atoms with van der Waals surface area (Å²) in [5, 5.41) is 0. The van der Waals surface area contributed by atoms with Crippen LogP contribution in [-0.4, -0.2) is 36.9 Å². The number of nitrogens with zero attached hydrogens (tertiary/aromatic N) is 1. The standard InChI is InChI=1S/C18H27NO2/c1-14-10-15(2)13-19(12-14)8-5-9-21-18-7-4-6-17(11-18)16(3)20/h4,6-7,11,14-15H,5,8-10,12-13H2,1-3H3/t14-,15+. The van der Waals surface area contributed by atoms with Crippen LogP contribution in [0.15, 0.2) is 24.3 Å². The van der Waals surface area contributed by atoms with E-state index < -0.39 is 0 Å². The predicted molar refractivity (Wildman–Crippen MR) is 85.9 cm³/mol. The Balaban J connectivity index is 1.72. The number of ketones is 1. The average molecular weight is 289 g/mol. The maximum absolute atomic E-state index is 11.3. The van der Waals surface area contributed by atoms with Crippen molar-refractivity contribution in [3.05, 3.63) is 29.8 Å². The molecular weight excluding hydrogens is 262 g/mol. The second kappa shape index (κ2) is 7.60. The van der Waals surface area contributed by atoms with Gasteiger partial charge in [0.1, 0.15) is 5.75 Å². The van der Waals surface area contributed by atoms with Crippen molar-refractivity contribution in [2.75, 3.05) is 26.2 Å². The van der Waals surface area contributed by atoms with Gasteiger partial charge < -0.3 is 9.64 Å². The lowest BCUT2D eigenvalue weighted by Crippen LogP contribution is -2.39. The fourth-order valence-electron chi connectivity index (χ4n) is 3.26. The molecule has 2 rings (SSSR count). The Morgan fingerprint density at radius 3 is 2.67 bits per heavy atom. The number of hydrogen-bond acceptors (Lipinski definition) is 3. The highest BCUT2D eigenvalue weighted by Gasteiger charge is 2.20. The van der Waals surface area contributed by atoms with Gasteiger partial charge in [-0.15, -0.1) is 0 Å². The lowest BCUT2D eigenvalue weighted by atomic mass is 9.92. The molecular formula is C18H27NO2. The third-order valence-corrected chi connectivity index (χ3v) is 4.07. The van der Waals surface area contributed by atoms with E-state index in [1.54, 1.807) is 6.92 Å². The van der Waals surface area contributed by atoms with E-state index in [-0.39, 0.29) is 5.78 Å². The zero-order valence-corrected chi connectivity index (χ0v) is 13.5. The number of rotatable bonds is 6. The summed E-state index contributed by atoms with van der Waals surface area (Å²) >= 11 is 0. The van der Waals surface area contributed by atoms with Gasteiger partial charge in [0.15, 0.2) is 5.78 Å². The predicted octanol–water partition coefficient (Wildman–Crippen LogP) is 3.64. The molecule has 0 aromatic heterocycles. The van der Waals surface area contributed by atoms with E-state index in [0.717, 1.165) is 30.6 Å². The molecule has 1 aromatic rings. The topological polar surface area (TPSA) is 29.5 Å². The SMILES string of the molecule is CC(=O)c1cccc(OCCCN2C[C@H](C)C[C@H](C)C2)c1. The number of ether oxygens (including phenoxy) is 1. The van der Waals surface area contributed by atoms with Crippen molar-refractivity contribution in [1.29, 1.82) is 0 Å². The van der Waals surface area contributed by atoms with Crippen LogP contribution in [0.4, 0.5) is 0 Å². The molecule has 0 N–H and O–H groups in total. The van der Waals surface area contributed by atoms with Crippen LogP contribution in [0.5, 0.6) is 5.75 Å². The van der Waals surface area contributed by atoms with E-state index in [9.17, 15) is 4.79 Å². The van der Waals surface area contributed by atoms with Gasteiger partial charge in [-0.05, 0) is 43.7 Å². The molecule has 0 aliphatic carbocycles. The van der Waals surface area contributed by atoms with E-state index in [1.807, 2.05) is 24.3 Å². The summed E-state index contributed by atoms with van der Waals surface area (Å²) in [7, 11) is 0. The van der Waals surface area contributed by atoms with Gasteiger partial charge >= 0.3 is 0 Å². The van der Waals surface area contributed by atoms with Crippen molar-refractivity contribution in [2.24, 2.45) is 11.8 Å². The molecule has 1 aliphatic rings. The zero-order chi connectivity index (χ0) is 15.2. The van der Waals surface area contributed by atoms with Crippen molar-refractivity contribution in [3.8, 4) is 5.75 Å². The molecule has 0 bridgehead atoms. The summed E-state index contributed by atoms with van der Waals surface area (Å²) in [6, 6.07) is 7.44. The molecule has 1 heterocycles. The van der Waals surface area contributed by atoms with Gasteiger partial charge in [-0.25, -0.2) is 0 Å². The first kappa shape index (κ1) is 16.0. The molecule has 1 aliphatic heterocycles. The molecule has 1 aromatic carbocycles. The fraction of sp³-hybridized carbons (Fsp3) is 0.611. The fourth-order valence-corrected chi connectivity index (χ4v) is 3.26. The maximum atomic E-state index is 11.3. The summed E-state index contributed by atoms with van der Waals surface area (Å²) in [6.07, 6.45) is 2.38. The molecule has 0 spiro atoms. The van der Waals surface area contributed by atoms with Crippen LogP contribution in [-0.2, 0) is 0 Å². The van der Waals surface area contributed by atoms with Crippen LogP contribution in [0, 0.1) is 11.8 Å². The number of carbonyl (C=O) groups excluding carboxylic acids is 1. The van der Waals surface area contributed by atoms with Gasteiger partial charge in [-0.2, -0.15) is 0 Å². The summed E-state index contributed by atoms with van der Waals surface area (Å²) in [5.74, 6) is 2.49. The molecule has 21 heavy (non-hydrogen) atoms. The van der Waals surface area contributed by atoms with E-state index in [2.05, 4.69) is 18.7 Å². The minimum absolute atomic E-state index is 0.0803. The number of carbonyl (C=O) groups is 1. The quantitative estimate of drug-likeness (QED) is 0.591. The first-order chi connectivity index (χ1) is 10.0. The normalized spacial score (nSPS) is 23.0. The van der Waals surface area contributed by atoms with E-state index in [1.165, 1.54) is 19.5 Å². The van der Waals surface area contributed by atoms with Crippen molar-refractivity contribution in [2.45, 2.75) is 33.6 Å². The average Bonchev–Trinajstić information content (AvgIpc) is 2.43. The summed E-state index contributed by atoms with van der Waals surface area (Å²) < 4.78 is 5.76. The van der Waals surface area contributed by atoms with Crippen molar-refractivity contribution in [1.82, 2.24) is 4.90 Å². The summed E-state index contributed by atoms with van der Waals surface area (Å²) in [6.45, 7) is 10.5. The van der Waals surface area contributed by atoms with Crippen LogP contribution in [0.25, 0.3) is 0 Å². The molecule has 0 unspecified atom stereocenters. The van der Waals surface area contributed by atoms with E-state index in [4.69, 9.17) is 4.74 Å². The zero-order valence-electron chi connectivity index (χ0n) is 13.5. The van der Waals surface area contributed by atoms with Crippen LogP contribution >= 0.6 is 0 Å². The minimum atomic E-state index is 0.0803. The first-order valence-electron chi connectivity index (χ1n) is 8.00. The second-order valence-corrected chi connectivity index (χ2v) is 6.49. The molecule has 0 saturated carbocycles. The van der Waals surface area contributed by atoms with Crippen molar-refractivity contribution >= 4 is 5.78 Å². The Bertz CT molecular complexity index is 462. The molecule has 1 saturated heterocycles. The summed E-state index contributed by atoms with van der Waals surface area (Å²) in [4.78, 5) is 13.9. The smallest absolute Gasteiger partial charge is 0.159 e. The molecule has 0 radical (unpaired) electrons. The van der Waals surface area contributed by atoms with Crippen LogP contribution in [0.1, 0.15) is 44.0 Å². The van der Waals surface area contributed by atoms with Crippen molar-refractivity contribution in [3.63, 3.8) is 0 Å². The van der Waals surface area contributed by atoms with Gasteiger partial charge in [0, 0.05) is 25.2 Å². The molecule has 2 atom stereocenters. The Morgan fingerprint density at radius 2 is 2.00 bits per heavy atom. The Hall–Kier alpha value is -1.35. The highest BCUT2D eigenvalue weighted by atomic mass is 16.5. The molecule has 0 amide bonds. The van der Waals surface area contributed by atoms with Crippen molar-refractivity contribution < 1.29 is 9.53 Å². The number of benzene rings is 1. The first-order valence-corrected chi connectivity index (χ1v) is 8.00. The largest absolute Gasteiger partial charge is 0.494 e. The lowest BCUT2D eigenvalue weighted by Gasteiger charge is -2.34. The highest BCUT2D eigenvalue weighted by molar-refractivity contribution is 5.94. The van der Waals surface area contributed by atoms with Crippen LogP contribution < -0.4 is 4.74 Å². The third kappa shape index (κ3) is 5.16. The maximum Gasteiger partial charge on any atom is 0.159 e. The van der Waals surface area contributed by atoms with Crippen LogP contribution in [0.2, 0.25) is 0 Å². The minimum Gasteiger partial charge on any atom is -0.494 e. The Labute approximate surface area is 128 Å². The molecule has 1 fully saturated rings. The number of Topliss-reactive ketones (excluding diaryl/α,β-unsaturated/α-hetero) is 1. The molecule has 116 valence electrons. The number of likely N-dealkylation sites (tertiary alicyclic amines) is 1. The monoisotopic (exact) mass is 289 g/mol. The third-order valence-electron chi connectivity index (χ3n) is 4.07. The number of piperidine rings is 1. The van der Waals surface area contributed by atoms with E-state index >= 15 is 0 Å². The molecule has 3 nitrogen and oxygen atoms in total. The Kier molecular flexibility index (Phi) is 5.80. The van der Waals surface area contributed by atoms with Gasteiger partial charge in [0.05, 0.1) is 6.61 Å². The Morgan fingerprint density at radius 1 is 1.29 bits per heavy atom. The second-order valence-electron chi connectivity index (χ2n) is 6.49. The lowest BCUT2D eigenvalue weighted by molar-refractivity contribution is 0.101. The van der Waals surface area contributed by atoms with Gasteiger partial charge in [-0.1, -0.05) is 26.0 Å². The molecule has 3 heteroatoms. The van der Waals surface area contributed by atoms with Gasteiger partial charge in [-0.3, -0.25) is 4.79 Å². The van der Waals surface area contributed by atoms with E-state index in [0.29, 0.717) is 12.2 Å².